The fourth-order valence-electron chi connectivity index (χ4n) is 3.92. The highest BCUT2D eigenvalue weighted by atomic mass is 32.2. The van der Waals surface area contributed by atoms with Crippen LogP contribution in [0.2, 0.25) is 0 Å². The topological polar surface area (TPSA) is 109 Å². The van der Waals surface area contributed by atoms with Crippen molar-refractivity contribution in [3.8, 4) is 5.69 Å². The van der Waals surface area contributed by atoms with Crippen molar-refractivity contribution in [3.05, 3.63) is 36.2 Å². The maximum atomic E-state index is 12.8. The lowest BCUT2D eigenvalue weighted by Crippen LogP contribution is -2.51. The summed E-state index contributed by atoms with van der Waals surface area (Å²) < 4.78 is 1.80. The zero-order valence-corrected chi connectivity index (χ0v) is 17.7. The fraction of sp³-hybridized carbons (Fsp3) is 0.450. The number of urea groups is 1. The molecule has 0 unspecified atom stereocenters. The number of imide groups is 1. The maximum absolute atomic E-state index is 12.8. The molecule has 0 bridgehead atoms. The zero-order chi connectivity index (χ0) is 21.3. The lowest BCUT2D eigenvalue weighted by Gasteiger charge is -2.33. The summed E-state index contributed by atoms with van der Waals surface area (Å²) in [5, 5.41) is 12.2. The predicted octanol–water partition coefficient (Wildman–Crippen LogP) is 2.20. The summed E-state index contributed by atoms with van der Waals surface area (Å²) >= 11 is 1.19. The van der Waals surface area contributed by atoms with Crippen molar-refractivity contribution in [3.63, 3.8) is 0 Å². The van der Waals surface area contributed by atoms with E-state index < -0.39 is 17.5 Å². The monoisotopic (exact) mass is 428 g/mol. The van der Waals surface area contributed by atoms with Gasteiger partial charge in [-0.2, -0.15) is 5.01 Å². The summed E-state index contributed by atoms with van der Waals surface area (Å²) in [4.78, 5) is 37.6. The van der Waals surface area contributed by atoms with Crippen LogP contribution in [0.4, 0.5) is 4.79 Å². The van der Waals surface area contributed by atoms with Gasteiger partial charge in [0.05, 0.1) is 11.4 Å². The van der Waals surface area contributed by atoms with E-state index in [1.54, 1.807) is 10.9 Å². The Hall–Kier alpha value is -2.88. The number of thioether (sulfide) groups is 1. The van der Waals surface area contributed by atoms with Gasteiger partial charge in [0.2, 0.25) is 5.91 Å². The number of para-hydroxylation sites is 1. The third kappa shape index (κ3) is 3.79. The molecule has 1 aromatic carbocycles. The molecular weight excluding hydrogens is 404 g/mol. The number of nitrogens with one attached hydrogen (secondary N) is 2. The van der Waals surface area contributed by atoms with Crippen molar-refractivity contribution < 1.29 is 14.4 Å². The van der Waals surface area contributed by atoms with Gasteiger partial charge in [-0.1, -0.05) is 36.9 Å². The second-order valence-corrected chi connectivity index (χ2v) is 8.87. The van der Waals surface area contributed by atoms with Crippen molar-refractivity contribution >= 4 is 29.6 Å². The van der Waals surface area contributed by atoms with Crippen LogP contribution < -0.4 is 10.7 Å². The zero-order valence-electron chi connectivity index (χ0n) is 16.9. The minimum Gasteiger partial charge on any atom is -0.322 e. The molecule has 1 saturated heterocycles. The van der Waals surface area contributed by atoms with Crippen LogP contribution in [0.5, 0.6) is 0 Å². The van der Waals surface area contributed by atoms with Gasteiger partial charge in [0.1, 0.15) is 11.9 Å². The molecule has 1 aliphatic heterocycles. The van der Waals surface area contributed by atoms with Crippen molar-refractivity contribution in [2.24, 2.45) is 5.92 Å². The van der Waals surface area contributed by atoms with Gasteiger partial charge >= 0.3 is 6.03 Å². The summed E-state index contributed by atoms with van der Waals surface area (Å²) in [6, 6.07) is 7.22. The molecule has 0 radical (unpaired) electrons. The summed E-state index contributed by atoms with van der Waals surface area (Å²) in [5.41, 5.74) is 3.54. The van der Waals surface area contributed by atoms with Crippen molar-refractivity contribution in [1.82, 2.24) is 30.5 Å². The highest BCUT2D eigenvalue weighted by molar-refractivity contribution is 7.99. The number of rotatable bonds is 5. The first-order valence-electron chi connectivity index (χ1n) is 9.95. The van der Waals surface area contributed by atoms with Gasteiger partial charge in [0.25, 0.3) is 5.91 Å². The molecule has 1 aliphatic carbocycles. The molecule has 2 aromatic rings. The van der Waals surface area contributed by atoms with Crippen LogP contribution in [-0.4, -0.2) is 48.9 Å². The van der Waals surface area contributed by atoms with Crippen LogP contribution in [0, 0.1) is 12.8 Å². The Morgan fingerprint density at radius 2 is 2.03 bits per heavy atom. The molecule has 1 spiro atoms. The average molecular weight is 429 g/mol. The average Bonchev–Trinajstić information content (AvgIpc) is 3.28. The maximum Gasteiger partial charge on any atom is 0.344 e. The van der Waals surface area contributed by atoms with Crippen LogP contribution >= 0.6 is 11.8 Å². The molecule has 158 valence electrons. The Bertz CT molecular complexity index is 982. The molecular formula is C20H24N6O3S. The minimum absolute atomic E-state index is 0.00827. The SMILES string of the molecule is Cc1ccccc1-n1cnnc1SCC(=O)NN1C(=O)NC2(CCC(C)CC2)C1=O. The van der Waals surface area contributed by atoms with Gasteiger partial charge in [0, 0.05) is 0 Å². The molecule has 0 atom stereocenters. The second-order valence-electron chi connectivity index (χ2n) is 7.93. The van der Waals surface area contributed by atoms with Crippen molar-refractivity contribution in [1.29, 1.82) is 0 Å². The Labute approximate surface area is 178 Å². The molecule has 4 rings (SSSR count). The number of benzene rings is 1. The Morgan fingerprint density at radius 3 is 2.77 bits per heavy atom. The van der Waals surface area contributed by atoms with E-state index in [-0.39, 0.29) is 11.7 Å². The molecule has 10 heteroatoms. The summed E-state index contributed by atoms with van der Waals surface area (Å²) in [5.74, 6) is -0.304. The Balaban J connectivity index is 1.38. The van der Waals surface area contributed by atoms with Crippen LogP contribution in [0.25, 0.3) is 5.69 Å². The largest absolute Gasteiger partial charge is 0.344 e. The van der Waals surface area contributed by atoms with Crippen molar-refractivity contribution in [2.45, 2.75) is 50.2 Å². The van der Waals surface area contributed by atoms with E-state index in [4.69, 9.17) is 0 Å². The predicted molar refractivity (Wildman–Crippen MR) is 111 cm³/mol. The highest BCUT2D eigenvalue weighted by Crippen LogP contribution is 2.35. The van der Waals surface area contributed by atoms with Crippen LogP contribution in [-0.2, 0) is 9.59 Å². The summed E-state index contributed by atoms with van der Waals surface area (Å²) in [6.07, 6.45) is 4.53. The number of carbonyl (C=O) groups excluding carboxylic acids is 3. The number of nitrogens with zero attached hydrogens (tertiary/aromatic N) is 4. The third-order valence-corrected chi connectivity index (χ3v) is 6.69. The lowest BCUT2D eigenvalue weighted by molar-refractivity contribution is -0.139. The minimum atomic E-state index is -0.880. The first kappa shape index (κ1) is 20.4. The van der Waals surface area contributed by atoms with Crippen LogP contribution in [0.3, 0.4) is 0 Å². The van der Waals surface area contributed by atoms with Gasteiger partial charge in [0.15, 0.2) is 5.16 Å². The standard InChI is InChI=1S/C20H24N6O3S/c1-13-7-9-20(10-8-13)17(28)26(18(29)22-20)24-16(27)11-30-19-23-21-12-25(19)15-6-4-3-5-14(15)2/h3-6,12-13H,7-11H2,1-2H3,(H,22,29)(H,24,27). The highest BCUT2D eigenvalue weighted by Gasteiger charge is 2.52. The van der Waals surface area contributed by atoms with Gasteiger partial charge in [-0.05, 0) is 50.2 Å². The van der Waals surface area contributed by atoms with E-state index in [1.807, 2.05) is 31.2 Å². The van der Waals surface area contributed by atoms with E-state index in [0.29, 0.717) is 23.9 Å². The molecule has 1 saturated carbocycles. The number of hydrogen-bond donors (Lipinski definition) is 2. The van der Waals surface area contributed by atoms with Gasteiger partial charge < -0.3 is 5.32 Å². The first-order chi connectivity index (χ1) is 14.4. The van der Waals surface area contributed by atoms with Crippen LogP contribution in [0.1, 0.15) is 38.2 Å². The molecule has 1 aromatic heterocycles. The first-order valence-corrected chi connectivity index (χ1v) is 10.9. The molecule has 2 N–H and O–H groups in total. The summed E-state index contributed by atoms with van der Waals surface area (Å²) in [6.45, 7) is 4.12. The van der Waals surface area contributed by atoms with E-state index in [9.17, 15) is 14.4 Å². The van der Waals surface area contributed by atoms with Crippen molar-refractivity contribution in [2.75, 3.05) is 5.75 Å². The molecule has 30 heavy (non-hydrogen) atoms. The number of amides is 4. The fourth-order valence-corrected chi connectivity index (χ4v) is 4.64. The number of aryl methyl sites for hydroxylation is 1. The molecule has 9 nitrogen and oxygen atoms in total. The number of carbonyl (C=O) groups is 3. The molecule has 2 aliphatic rings. The van der Waals surface area contributed by atoms with Gasteiger partial charge in [-0.3, -0.25) is 19.6 Å². The van der Waals surface area contributed by atoms with E-state index in [2.05, 4.69) is 27.9 Å². The quantitative estimate of drug-likeness (QED) is 0.558. The van der Waals surface area contributed by atoms with E-state index in [0.717, 1.165) is 29.1 Å². The Morgan fingerprint density at radius 1 is 1.30 bits per heavy atom. The Kier molecular flexibility index (Phi) is 5.50. The van der Waals surface area contributed by atoms with E-state index >= 15 is 0 Å². The van der Waals surface area contributed by atoms with Crippen LogP contribution in [0.15, 0.2) is 35.7 Å². The molecule has 4 amide bonds. The van der Waals surface area contributed by atoms with Gasteiger partial charge in [-0.15, -0.1) is 10.2 Å². The van der Waals surface area contributed by atoms with E-state index in [1.165, 1.54) is 11.8 Å². The third-order valence-electron chi connectivity index (χ3n) is 5.75. The number of aromatic nitrogens is 3. The smallest absolute Gasteiger partial charge is 0.322 e. The van der Waals surface area contributed by atoms with Gasteiger partial charge in [-0.25, -0.2) is 4.79 Å². The normalized spacial score (nSPS) is 23.7. The summed E-state index contributed by atoms with van der Waals surface area (Å²) in [7, 11) is 0. The lowest BCUT2D eigenvalue weighted by atomic mass is 9.77. The molecule has 2 heterocycles. The number of hydrazine groups is 1. The number of hydrogen-bond acceptors (Lipinski definition) is 6. The molecule has 2 fully saturated rings. The second kappa shape index (κ2) is 8.10.